The van der Waals surface area contributed by atoms with Crippen molar-refractivity contribution in [2.75, 3.05) is 13.1 Å². The standard InChI is InChI=1S/C16H15ClFN5/c17-11-3-1-2-10(13(11)18)14-15-16(23-22-14)21-12(8-20-15)9-4-6-19-7-5-9/h1-3,8-9,19H,4-7H2,(H,21,22,23). The Bertz CT molecular complexity index is 857. The minimum Gasteiger partial charge on any atom is -0.317 e. The number of rotatable bonds is 2. The summed E-state index contributed by atoms with van der Waals surface area (Å²) in [6, 6.07) is 4.86. The second-order valence-corrected chi connectivity index (χ2v) is 6.10. The van der Waals surface area contributed by atoms with E-state index in [1.54, 1.807) is 18.3 Å². The summed E-state index contributed by atoms with van der Waals surface area (Å²) in [5.74, 6) is -0.0832. The molecule has 3 heterocycles. The molecule has 1 aliphatic heterocycles. The Morgan fingerprint density at radius 3 is 2.87 bits per heavy atom. The highest BCUT2D eigenvalue weighted by atomic mass is 35.5. The highest BCUT2D eigenvalue weighted by Gasteiger charge is 2.20. The van der Waals surface area contributed by atoms with Crippen molar-refractivity contribution < 1.29 is 4.39 Å². The lowest BCUT2D eigenvalue weighted by molar-refractivity contribution is 0.453. The monoisotopic (exact) mass is 331 g/mol. The molecule has 0 saturated carbocycles. The van der Waals surface area contributed by atoms with E-state index >= 15 is 0 Å². The number of halogens is 2. The van der Waals surface area contributed by atoms with Crippen LogP contribution in [-0.4, -0.2) is 33.3 Å². The number of benzene rings is 1. The molecule has 118 valence electrons. The average molecular weight is 332 g/mol. The first-order chi connectivity index (χ1) is 11.2. The Morgan fingerprint density at radius 1 is 1.22 bits per heavy atom. The number of aromatic amines is 1. The molecule has 2 aromatic heterocycles. The van der Waals surface area contributed by atoms with Gasteiger partial charge in [-0.3, -0.25) is 5.10 Å². The Labute approximate surface area is 137 Å². The van der Waals surface area contributed by atoms with Crippen LogP contribution in [0, 0.1) is 5.82 Å². The van der Waals surface area contributed by atoms with E-state index < -0.39 is 5.82 Å². The zero-order valence-corrected chi connectivity index (χ0v) is 13.1. The Kier molecular flexibility index (Phi) is 3.71. The van der Waals surface area contributed by atoms with Crippen molar-refractivity contribution in [1.82, 2.24) is 25.5 Å². The number of fused-ring (bicyclic) bond motifs is 1. The van der Waals surface area contributed by atoms with E-state index in [4.69, 9.17) is 11.6 Å². The smallest absolute Gasteiger partial charge is 0.200 e. The number of H-pyrrole nitrogens is 1. The molecule has 4 rings (SSSR count). The van der Waals surface area contributed by atoms with Crippen molar-refractivity contribution in [2.45, 2.75) is 18.8 Å². The summed E-state index contributed by atoms with van der Waals surface area (Å²) in [6.45, 7) is 1.98. The van der Waals surface area contributed by atoms with Crippen molar-refractivity contribution in [1.29, 1.82) is 0 Å². The molecule has 1 saturated heterocycles. The fourth-order valence-electron chi connectivity index (χ4n) is 3.01. The summed E-state index contributed by atoms with van der Waals surface area (Å²) in [5.41, 5.74) is 2.87. The van der Waals surface area contributed by atoms with Gasteiger partial charge in [-0.25, -0.2) is 14.4 Å². The maximum atomic E-state index is 14.2. The molecule has 3 aromatic rings. The van der Waals surface area contributed by atoms with Gasteiger partial charge in [0, 0.05) is 17.7 Å². The maximum absolute atomic E-state index is 14.2. The van der Waals surface area contributed by atoms with Crippen molar-refractivity contribution in [3.63, 3.8) is 0 Å². The van der Waals surface area contributed by atoms with Gasteiger partial charge in [-0.15, -0.1) is 0 Å². The van der Waals surface area contributed by atoms with Gasteiger partial charge in [0.05, 0.1) is 16.4 Å². The molecule has 0 radical (unpaired) electrons. The molecule has 5 nitrogen and oxygen atoms in total. The van der Waals surface area contributed by atoms with E-state index in [0.29, 0.717) is 28.3 Å². The summed E-state index contributed by atoms with van der Waals surface area (Å²) in [7, 11) is 0. The maximum Gasteiger partial charge on any atom is 0.200 e. The normalized spacial score (nSPS) is 16.1. The van der Waals surface area contributed by atoms with Gasteiger partial charge < -0.3 is 5.32 Å². The van der Waals surface area contributed by atoms with Crippen LogP contribution in [0.15, 0.2) is 24.4 Å². The van der Waals surface area contributed by atoms with Crippen LogP contribution in [-0.2, 0) is 0 Å². The lowest BCUT2D eigenvalue weighted by Crippen LogP contribution is -2.27. The van der Waals surface area contributed by atoms with E-state index in [1.165, 1.54) is 6.07 Å². The first-order valence-electron chi connectivity index (χ1n) is 7.60. The van der Waals surface area contributed by atoms with E-state index in [1.807, 2.05) is 0 Å². The molecule has 1 aromatic carbocycles. The summed E-state index contributed by atoms with van der Waals surface area (Å²) >= 11 is 5.86. The molecule has 0 atom stereocenters. The molecule has 7 heteroatoms. The molecule has 0 unspecified atom stereocenters. The SMILES string of the molecule is Fc1c(Cl)cccc1-c1[nH]nc2nc(C3CCNCC3)cnc12. The molecule has 1 fully saturated rings. The summed E-state index contributed by atoms with van der Waals surface area (Å²) in [6.07, 6.45) is 3.86. The molecule has 1 aliphatic rings. The molecule has 0 spiro atoms. The number of piperidine rings is 1. The summed E-state index contributed by atoms with van der Waals surface area (Å²) < 4.78 is 14.2. The highest BCUT2D eigenvalue weighted by Crippen LogP contribution is 2.31. The van der Waals surface area contributed by atoms with Crippen LogP contribution in [0.2, 0.25) is 5.02 Å². The van der Waals surface area contributed by atoms with Crippen LogP contribution in [0.4, 0.5) is 4.39 Å². The van der Waals surface area contributed by atoms with Gasteiger partial charge in [-0.05, 0) is 38.1 Å². The summed E-state index contributed by atoms with van der Waals surface area (Å²) in [5, 5.41) is 10.4. The number of hydrogen-bond donors (Lipinski definition) is 2. The van der Waals surface area contributed by atoms with Crippen molar-refractivity contribution in [2.24, 2.45) is 0 Å². The minimum atomic E-state index is -0.482. The highest BCUT2D eigenvalue weighted by molar-refractivity contribution is 6.31. The van der Waals surface area contributed by atoms with Crippen LogP contribution in [0.25, 0.3) is 22.4 Å². The fraction of sp³-hybridized carbons (Fsp3) is 0.312. The van der Waals surface area contributed by atoms with Crippen LogP contribution in [0.1, 0.15) is 24.5 Å². The first kappa shape index (κ1) is 14.5. The topological polar surface area (TPSA) is 66.5 Å². The number of nitrogens with zero attached hydrogens (tertiary/aromatic N) is 3. The van der Waals surface area contributed by atoms with Gasteiger partial charge in [0.25, 0.3) is 0 Å². The van der Waals surface area contributed by atoms with E-state index in [9.17, 15) is 4.39 Å². The number of hydrogen-bond acceptors (Lipinski definition) is 4. The van der Waals surface area contributed by atoms with Crippen molar-refractivity contribution >= 4 is 22.8 Å². The van der Waals surface area contributed by atoms with Crippen LogP contribution < -0.4 is 5.32 Å². The molecular formula is C16H15ClFN5. The first-order valence-corrected chi connectivity index (χ1v) is 7.98. The molecular weight excluding hydrogens is 317 g/mol. The van der Waals surface area contributed by atoms with E-state index in [0.717, 1.165) is 31.6 Å². The van der Waals surface area contributed by atoms with Gasteiger partial charge in [-0.1, -0.05) is 17.7 Å². The van der Waals surface area contributed by atoms with Crippen LogP contribution in [0.5, 0.6) is 0 Å². The Balaban J connectivity index is 1.77. The Hall–Kier alpha value is -2.05. The number of nitrogens with one attached hydrogen (secondary N) is 2. The largest absolute Gasteiger partial charge is 0.317 e. The van der Waals surface area contributed by atoms with Crippen molar-refractivity contribution in [3.8, 4) is 11.3 Å². The predicted octanol–water partition coefficient (Wildman–Crippen LogP) is 3.28. The molecule has 0 amide bonds. The average Bonchev–Trinajstić information content (AvgIpc) is 3.01. The van der Waals surface area contributed by atoms with Crippen molar-refractivity contribution in [3.05, 3.63) is 40.9 Å². The Morgan fingerprint density at radius 2 is 2.04 bits per heavy atom. The van der Waals surface area contributed by atoms with E-state index in [2.05, 4.69) is 25.5 Å². The minimum absolute atomic E-state index is 0.0736. The fourth-order valence-corrected chi connectivity index (χ4v) is 3.18. The lowest BCUT2D eigenvalue weighted by atomic mass is 9.95. The third kappa shape index (κ3) is 2.58. The lowest BCUT2D eigenvalue weighted by Gasteiger charge is -2.21. The molecule has 2 N–H and O–H groups in total. The summed E-state index contributed by atoms with van der Waals surface area (Å²) in [4.78, 5) is 9.09. The van der Waals surface area contributed by atoms with E-state index in [-0.39, 0.29) is 5.02 Å². The van der Waals surface area contributed by atoms with Gasteiger partial charge >= 0.3 is 0 Å². The molecule has 23 heavy (non-hydrogen) atoms. The zero-order valence-electron chi connectivity index (χ0n) is 12.3. The van der Waals surface area contributed by atoms with Gasteiger partial charge in [-0.2, -0.15) is 5.10 Å². The quantitative estimate of drug-likeness (QED) is 0.756. The van der Waals surface area contributed by atoms with Crippen LogP contribution in [0.3, 0.4) is 0 Å². The molecule has 0 bridgehead atoms. The zero-order chi connectivity index (χ0) is 15.8. The second-order valence-electron chi connectivity index (χ2n) is 5.69. The van der Waals surface area contributed by atoms with Gasteiger partial charge in [0.2, 0.25) is 5.65 Å². The van der Waals surface area contributed by atoms with Gasteiger partial charge in [0.15, 0.2) is 5.82 Å². The third-order valence-corrected chi connectivity index (χ3v) is 4.55. The van der Waals surface area contributed by atoms with Gasteiger partial charge in [0.1, 0.15) is 5.52 Å². The third-order valence-electron chi connectivity index (χ3n) is 4.26. The second kappa shape index (κ2) is 5.86. The number of aromatic nitrogens is 4. The van der Waals surface area contributed by atoms with Crippen LogP contribution >= 0.6 is 11.6 Å². The molecule has 0 aliphatic carbocycles. The predicted molar refractivity (Wildman–Crippen MR) is 86.9 cm³/mol.